The topological polar surface area (TPSA) is 94.2 Å². The number of ether oxygens (including phenoxy) is 1. The Morgan fingerprint density at radius 3 is 3.11 bits per heavy atom. The zero-order valence-electron chi connectivity index (χ0n) is 10.4. The molecule has 1 unspecified atom stereocenters. The molecule has 4 N–H and O–H groups in total. The highest BCUT2D eigenvalue weighted by molar-refractivity contribution is 5.93. The SMILES string of the molecule is COC(CCN)C(=O)Nc1ccnn1C1CNC1. The van der Waals surface area contributed by atoms with Crippen LogP contribution in [-0.2, 0) is 9.53 Å². The zero-order chi connectivity index (χ0) is 13.0. The summed E-state index contributed by atoms with van der Waals surface area (Å²) in [6, 6.07) is 2.09. The first-order chi connectivity index (χ1) is 8.76. The lowest BCUT2D eigenvalue weighted by Crippen LogP contribution is -2.44. The fourth-order valence-corrected chi connectivity index (χ4v) is 1.86. The summed E-state index contributed by atoms with van der Waals surface area (Å²) in [6.45, 7) is 2.17. The minimum atomic E-state index is -0.516. The average molecular weight is 253 g/mol. The van der Waals surface area contributed by atoms with E-state index in [0.29, 0.717) is 24.8 Å². The molecule has 1 aliphatic heterocycles. The third kappa shape index (κ3) is 2.69. The van der Waals surface area contributed by atoms with E-state index in [-0.39, 0.29) is 5.91 Å². The van der Waals surface area contributed by atoms with Crippen LogP contribution in [0.4, 0.5) is 5.82 Å². The monoisotopic (exact) mass is 253 g/mol. The standard InChI is InChI=1S/C11H19N5O2/c1-18-9(2-4-12)11(17)15-10-3-5-14-16(10)8-6-13-7-8/h3,5,8-9,13H,2,4,6-7,12H2,1H3,(H,15,17). The molecule has 2 rings (SSSR count). The van der Waals surface area contributed by atoms with Crippen LogP contribution >= 0.6 is 0 Å². The minimum Gasteiger partial charge on any atom is -0.372 e. The molecule has 1 atom stereocenters. The Morgan fingerprint density at radius 1 is 1.78 bits per heavy atom. The first-order valence-electron chi connectivity index (χ1n) is 6.04. The quantitative estimate of drug-likeness (QED) is 0.625. The number of hydrogen-bond acceptors (Lipinski definition) is 5. The second-order valence-electron chi connectivity index (χ2n) is 4.26. The molecule has 0 spiro atoms. The fourth-order valence-electron chi connectivity index (χ4n) is 1.86. The van der Waals surface area contributed by atoms with Crippen molar-refractivity contribution < 1.29 is 9.53 Å². The smallest absolute Gasteiger partial charge is 0.254 e. The molecule has 0 bridgehead atoms. The van der Waals surface area contributed by atoms with Crippen molar-refractivity contribution in [1.82, 2.24) is 15.1 Å². The highest BCUT2D eigenvalue weighted by Crippen LogP contribution is 2.17. The number of carbonyl (C=O) groups excluding carboxylic acids is 1. The van der Waals surface area contributed by atoms with Crippen molar-refractivity contribution in [3.05, 3.63) is 12.3 Å². The molecule has 2 heterocycles. The predicted molar refractivity (Wildman–Crippen MR) is 67.2 cm³/mol. The number of carbonyl (C=O) groups is 1. The Morgan fingerprint density at radius 2 is 2.56 bits per heavy atom. The number of aromatic nitrogens is 2. The van der Waals surface area contributed by atoms with Gasteiger partial charge in [0.2, 0.25) is 0 Å². The lowest BCUT2D eigenvalue weighted by atomic mass is 10.2. The summed E-state index contributed by atoms with van der Waals surface area (Å²) < 4.78 is 6.93. The van der Waals surface area contributed by atoms with E-state index < -0.39 is 6.10 Å². The molecule has 1 fully saturated rings. The molecule has 1 aromatic heterocycles. The second kappa shape index (κ2) is 5.94. The van der Waals surface area contributed by atoms with Gasteiger partial charge in [0, 0.05) is 26.3 Å². The maximum absolute atomic E-state index is 12.0. The van der Waals surface area contributed by atoms with Gasteiger partial charge in [0.05, 0.1) is 12.2 Å². The van der Waals surface area contributed by atoms with Crippen molar-refractivity contribution in [1.29, 1.82) is 0 Å². The van der Waals surface area contributed by atoms with E-state index in [2.05, 4.69) is 15.7 Å². The molecule has 1 saturated heterocycles. The minimum absolute atomic E-state index is 0.183. The number of nitrogens with two attached hydrogens (primary N) is 1. The molecule has 7 heteroatoms. The van der Waals surface area contributed by atoms with E-state index in [9.17, 15) is 4.79 Å². The van der Waals surface area contributed by atoms with Gasteiger partial charge in [0.15, 0.2) is 0 Å². The van der Waals surface area contributed by atoms with Crippen LogP contribution in [-0.4, -0.2) is 48.5 Å². The van der Waals surface area contributed by atoms with Gasteiger partial charge in [0.1, 0.15) is 11.9 Å². The highest BCUT2D eigenvalue weighted by atomic mass is 16.5. The first kappa shape index (κ1) is 13.0. The molecule has 0 aromatic carbocycles. The lowest BCUT2D eigenvalue weighted by Gasteiger charge is -2.29. The Balaban J connectivity index is 1.99. The molecule has 1 aromatic rings. The first-order valence-corrected chi connectivity index (χ1v) is 6.04. The lowest BCUT2D eigenvalue weighted by molar-refractivity contribution is -0.125. The molecule has 1 amide bonds. The number of anilines is 1. The van der Waals surface area contributed by atoms with E-state index in [1.165, 1.54) is 7.11 Å². The normalized spacial score (nSPS) is 17.2. The highest BCUT2D eigenvalue weighted by Gasteiger charge is 2.24. The van der Waals surface area contributed by atoms with Crippen molar-refractivity contribution in [3.63, 3.8) is 0 Å². The molecular formula is C11H19N5O2. The molecule has 100 valence electrons. The Bertz CT molecular complexity index is 402. The molecule has 1 aliphatic rings. The van der Waals surface area contributed by atoms with Gasteiger partial charge in [-0.25, -0.2) is 4.68 Å². The number of rotatable bonds is 6. The van der Waals surface area contributed by atoms with Crippen molar-refractivity contribution in [2.75, 3.05) is 32.1 Å². The van der Waals surface area contributed by atoms with E-state index in [1.54, 1.807) is 12.3 Å². The largest absolute Gasteiger partial charge is 0.372 e. The summed E-state index contributed by atoms with van der Waals surface area (Å²) in [6.07, 6.45) is 1.66. The Kier molecular flexibility index (Phi) is 4.29. The number of nitrogens with one attached hydrogen (secondary N) is 2. The summed E-state index contributed by atoms with van der Waals surface area (Å²) in [5.41, 5.74) is 5.44. The molecule has 0 saturated carbocycles. The number of amides is 1. The van der Waals surface area contributed by atoms with Gasteiger partial charge in [-0.15, -0.1) is 0 Å². The molecule has 0 radical (unpaired) electrons. The predicted octanol–water partition coefficient (Wildman–Crippen LogP) is -0.670. The summed E-state index contributed by atoms with van der Waals surface area (Å²) in [4.78, 5) is 12.0. The van der Waals surface area contributed by atoms with Crippen LogP contribution in [0.5, 0.6) is 0 Å². The van der Waals surface area contributed by atoms with Crippen LogP contribution in [0.1, 0.15) is 12.5 Å². The van der Waals surface area contributed by atoms with Crippen molar-refractivity contribution in [3.8, 4) is 0 Å². The van der Waals surface area contributed by atoms with Gasteiger partial charge < -0.3 is 21.1 Å². The van der Waals surface area contributed by atoms with Crippen LogP contribution < -0.4 is 16.4 Å². The molecule has 0 aliphatic carbocycles. The fraction of sp³-hybridized carbons (Fsp3) is 0.636. The number of hydrogen-bond donors (Lipinski definition) is 3. The third-order valence-electron chi connectivity index (χ3n) is 3.03. The van der Waals surface area contributed by atoms with E-state index in [4.69, 9.17) is 10.5 Å². The van der Waals surface area contributed by atoms with E-state index in [0.717, 1.165) is 13.1 Å². The van der Waals surface area contributed by atoms with Gasteiger partial charge in [0.25, 0.3) is 5.91 Å². The van der Waals surface area contributed by atoms with Crippen LogP contribution in [0.2, 0.25) is 0 Å². The van der Waals surface area contributed by atoms with Crippen molar-refractivity contribution >= 4 is 11.7 Å². The van der Waals surface area contributed by atoms with Gasteiger partial charge >= 0.3 is 0 Å². The number of nitrogens with zero attached hydrogens (tertiary/aromatic N) is 2. The van der Waals surface area contributed by atoms with Crippen LogP contribution in [0.15, 0.2) is 12.3 Å². The maximum Gasteiger partial charge on any atom is 0.254 e. The summed E-state index contributed by atoms with van der Waals surface area (Å²) in [5.74, 6) is 0.516. The van der Waals surface area contributed by atoms with E-state index >= 15 is 0 Å². The molecule has 18 heavy (non-hydrogen) atoms. The molecular weight excluding hydrogens is 234 g/mol. The van der Waals surface area contributed by atoms with Gasteiger partial charge in [-0.2, -0.15) is 5.10 Å². The van der Waals surface area contributed by atoms with Gasteiger partial charge in [-0.3, -0.25) is 4.79 Å². The summed E-state index contributed by atoms with van der Waals surface area (Å²) in [7, 11) is 1.51. The van der Waals surface area contributed by atoms with Crippen molar-refractivity contribution in [2.24, 2.45) is 5.73 Å². The zero-order valence-corrected chi connectivity index (χ0v) is 10.4. The third-order valence-corrected chi connectivity index (χ3v) is 3.03. The van der Waals surface area contributed by atoms with Crippen LogP contribution in [0.25, 0.3) is 0 Å². The van der Waals surface area contributed by atoms with Crippen LogP contribution in [0, 0.1) is 0 Å². The van der Waals surface area contributed by atoms with E-state index in [1.807, 2.05) is 4.68 Å². The van der Waals surface area contributed by atoms with Crippen LogP contribution in [0.3, 0.4) is 0 Å². The maximum atomic E-state index is 12.0. The second-order valence-corrected chi connectivity index (χ2v) is 4.26. The summed E-state index contributed by atoms with van der Waals surface area (Å²) >= 11 is 0. The average Bonchev–Trinajstić information content (AvgIpc) is 2.71. The van der Waals surface area contributed by atoms with Gasteiger partial charge in [-0.05, 0) is 13.0 Å². The summed E-state index contributed by atoms with van der Waals surface area (Å²) in [5, 5.41) is 10.2. The Labute approximate surface area is 106 Å². The van der Waals surface area contributed by atoms with Crippen molar-refractivity contribution in [2.45, 2.75) is 18.6 Å². The number of methoxy groups -OCH3 is 1. The molecule has 7 nitrogen and oxygen atoms in total. The Hall–Kier alpha value is -1.44. The van der Waals surface area contributed by atoms with Gasteiger partial charge in [-0.1, -0.05) is 0 Å².